The Kier molecular flexibility index (Phi) is 4.00. The molecular weight excluding hydrogens is 380 g/mol. The molecule has 0 amide bonds. The van der Waals surface area contributed by atoms with Crippen LogP contribution in [0.25, 0.3) is 0 Å². The summed E-state index contributed by atoms with van der Waals surface area (Å²) >= 11 is -1.71. The van der Waals surface area contributed by atoms with Gasteiger partial charge in [-0.05, 0) is 0 Å². The summed E-state index contributed by atoms with van der Waals surface area (Å²) in [5.41, 5.74) is 0.491. The summed E-state index contributed by atoms with van der Waals surface area (Å²) in [6.45, 7) is 0. The molecule has 1 aromatic rings. The van der Waals surface area contributed by atoms with E-state index in [-0.39, 0.29) is 5.75 Å². The van der Waals surface area contributed by atoms with Gasteiger partial charge in [0.1, 0.15) is 0 Å². The van der Waals surface area contributed by atoms with Crippen LogP contribution in [0.1, 0.15) is 10.4 Å². The Balaban J connectivity index is 3.28. The first-order valence-electron chi connectivity index (χ1n) is 3.64. The van der Waals surface area contributed by atoms with Gasteiger partial charge in [-0.2, -0.15) is 0 Å². The molecule has 1 aromatic carbocycles. The van der Waals surface area contributed by atoms with Crippen LogP contribution in [0.5, 0.6) is 11.5 Å². The normalized spacial score (nSPS) is 9.08. The van der Waals surface area contributed by atoms with Crippen LogP contribution in [-0.2, 0) is 23.3 Å². The van der Waals surface area contributed by atoms with E-state index in [1.807, 2.05) is 0 Å². The maximum absolute atomic E-state index is 10.5. The number of phenols is 1. The molecule has 13 heavy (non-hydrogen) atoms. The van der Waals surface area contributed by atoms with Crippen molar-refractivity contribution in [2.75, 3.05) is 7.11 Å². The number of phenolic OH excluding ortho intramolecular Hbond substituents is 1. The average molecular weight is 387 g/mol. The van der Waals surface area contributed by atoms with Crippen molar-refractivity contribution in [3.8, 4) is 11.5 Å². The van der Waals surface area contributed by atoms with Crippen molar-refractivity contribution in [3.05, 3.63) is 17.7 Å². The fourth-order valence-electron chi connectivity index (χ4n) is 1.01. The zero-order chi connectivity index (χ0) is 9.84. The summed E-state index contributed by atoms with van der Waals surface area (Å²) in [5, 5.41) is 9.54. The topological polar surface area (TPSA) is 46.5 Å². The molecule has 0 unspecified atom stereocenters. The molecule has 66 valence electrons. The van der Waals surface area contributed by atoms with E-state index in [1.165, 1.54) is 13.2 Å². The Morgan fingerprint density at radius 3 is 2.77 bits per heavy atom. The Morgan fingerprint density at radius 1 is 1.62 bits per heavy atom. The first kappa shape index (κ1) is 10.8. The second-order valence-electron chi connectivity index (χ2n) is 2.48. The van der Waals surface area contributed by atoms with Crippen molar-refractivity contribution < 1.29 is 38.0 Å². The Labute approximate surface area is 91.5 Å². The van der Waals surface area contributed by atoms with E-state index in [0.717, 1.165) is 0 Å². The van der Waals surface area contributed by atoms with Crippen molar-refractivity contribution in [2.45, 2.75) is 0 Å². The van der Waals surface area contributed by atoms with Crippen LogP contribution in [0, 0.1) is 0 Å². The van der Waals surface area contributed by atoms with Gasteiger partial charge < -0.3 is 0 Å². The Hall–Kier alpha value is -0.285. The minimum atomic E-state index is -1.71. The standard InChI is InChI=1S/C8H7O3.ClH.Hg/c1-11-8-4-6(5-9)2-3-7(8)10;;/h2,4-5,10H,1H3;1H;/q;;+1/p-1. The van der Waals surface area contributed by atoms with Crippen LogP contribution in [-0.4, -0.2) is 18.5 Å². The Bertz CT molecular complexity index is 302. The number of carbonyl (C=O) groups is 1. The summed E-state index contributed by atoms with van der Waals surface area (Å²) < 4.78 is 5.61. The third-order valence-corrected chi connectivity index (χ3v) is 7.42. The van der Waals surface area contributed by atoms with Crippen LogP contribution >= 0.6 is 8.25 Å². The molecule has 0 fully saturated rings. The molecule has 3 nitrogen and oxygen atoms in total. The van der Waals surface area contributed by atoms with Crippen LogP contribution < -0.4 is 7.81 Å². The van der Waals surface area contributed by atoms with Gasteiger partial charge in [-0.15, -0.1) is 0 Å². The number of ether oxygens (including phenoxy) is 1. The number of benzene rings is 1. The second kappa shape index (κ2) is 4.81. The van der Waals surface area contributed by atoms with Gasteiger partial charge in [0.05, 0.1) is 0 Å². The van der Waals surface area contributed by atoms with Crippen molar-refractivity contribution in [1.29, 1.82) is 0 Å². The molecule has 0 aliphatic carbocycles. The molecule has 1 rings (SSSR count). The van der Waals surface area contributed by atoms with Crippen molar-refractivity contribution >= 4 is 17.6 Å². The summed E-state index contributed by atoms with van der Waals surface area (Å²) in [5.74, 6) is 0.407. The van der Waals surface area contributed by atoms with E-state index < -0.39 is 23.3 Å². The predicted molar refractivity (Wildman–Crippen MR) is 45.5 cm³/mol. The molecule has 0 spiro atoms. The first-order valence-corrected chi connectivity index (χ1v) is 13.2. The number of methoxy groups -OCH3 is 1. The fraction of sp³-hybridized carbons (Fsp3) is 0.125. The number of hydrogen-bond donors (Lipinski definition) is 1. The minimum absolute atomic E-state index is 0.0877. The molecule has 0 aromatic heterocycles. The number of hydrogen-bond acceptors (Lipinski definition) is 3. The van der Waals surface area contributed by atoms with Gasteiger partial charge >= 0.3 is 91.9 Å². The molecule has 0 atom stereocenters. The first-order chi connectivity index (χ1) is 6.22. The molecular formula is C8H7ClHgO3. The van der Waals surface area contributed by atoms with Gasteiger partial charge in [-0.3, -0.25) is 0 Å². The molecule has 0 radical (unpaired) electrons. The quantitative estimate of drug-likeness (QED) is 0.624. The fourth-order valence-corrected chi connectivity index (χ4v) is 5.19. The summed E-state index contributed by atoms with van der Waals surface area (Å²) in [6, 6.07) is 3.12. The zero-order valence-electron chi connectivity index (χ0n) is 7.08. The van der Waals surface area contributed by atoms with Crippen molar-refractivity contribution in [2.24, 2.45) is 0 Å². The van der Waals surface area contributed by atoms with Crippen LogP contribution in [0.4, 0.5) is 0 Å². The molecule has 0 aliphatic rings. The van der Waals surface area contributed by atoms with Gasteiger partial charge in [0.2, 0.25) is 0 Å². The second-order valence-corrected chi connectivity index (χ2v) is 8.83. The molecule has 0 bridgehead atoms. The van der Waals surface area contributed by atoms with E-state index in [1.54, 1.807) is 6.07 Å². The molecule has 0 aliphatic heterocycles. The number of aromatic hydroxyl groups is 1. The summed E-state index contributed by atoms with van der Waals surface area (Å²) in [4.78, 5) is 10.5. The van der Waals surface area contributed by atoms with Gasteiger partial charge in [-0.25, -0.2) is 0 Å². The molecule has 0 saturated heterocycles. The van der Waals surface area contributed by atoms with E-state index >= 15 is 0 Å². The molecule has 0 heterocycles. The summed E-state index contributed by atoms with van der Waals surface area (Å²) in [6.07, 6.45) is 0.714. The third-order valence-electron chi connectivity index (χ3n) is 1.68. The van der Waals surface area contributed by atoms with Crippen LogP contribution in [0.2, 0.25) is 0 Å². The monoisotopic (exact) mass is 388 g/mol. The Morgan fingerprint density at radius 2 is 2.31 bits per heavy atom. The third kappa shape index (κ3) is 2.34. The number of rotatable bonds is 3. The SMILES string of the molecule is COc1cc(C=O)c[c]([Hg][Cl])c1O. The van der Waals surface area contributed by atoms with Gasteiger partial charge in [0.25, 0.3) is 0 Å². The van der Waals surface area contributed by atoms with E-state index in [4.69, 9.17) is 13.0 Å². The van der Waals surface area contributed by atoms with E-state index in [9.17, 15) is 9.90 Å². The van der Waals surface area contributed by atoms with Gasteiger partial charge in [0.15, 0.2) is 0 Å². The molecule has 0 saturated carbocycles. The van der Waals surface area contributed by atoms with E-state index in [2.05, 4.69) is 0 Å². The predicted octanol–water partition coefficient (Wildman–Crippen LogP) is 1.07. The van der Waals surface area contributed by atoms with Gasteiger partial charge in [-0.1, -0.05) is 0 Å². The maximum atomic E-state index is 10.5. The molecule has 1 N–H and O–H groups in total. The van der Waals surface area contributed by atoms with Crippen LogP contribution in [0.15, 0.2) is 12.1 Å². The average Bonchev–Trinajstić information content (AvgIpc) is 2.18. The number of aldehydes is 1. The van der Waals surface area contributed by atoms with Crippen molar-refractivity contribution in [3.63, 3.8) is 0 Å². The van der Waals surface area contributed by atoms with Crippen LogP contribution in [0.3, 0.4) is 0 Å². The molecule has 5 heteroatoms. The van der Waals surface area contributed by atoms with E-state index in [0.29, 0.717) is 20.7 Å². The van der Waals surface area contributed by atoms with Gasteiger partial charge in [0, 0.05) is 0 Å². The zero-order valence-corrected chi connectivity index (χ0v) is 13.3. The number of carbonyl (C=O) groups excluding carboxylic acids is 1. The summed E-state index contributed by atoms with van der Waals surface area (Å²) in [7, 11) is 7.22. The van der Waals surface area contributed by atoms with Crippen molar-refractivity contribution in [1.82, 2.24) is 0 Å². The number of halogens is 1.